The number of benzene rings is 2. The maximum atomic E-state index is 12.7. The van der Waals surface area contributed by atoms with Crippen LogP contribution in [0, 0.1) is 0 Å². The van der Waals surface area contributed by atoms with E-state index in [0.29, 0.717) is 5.82 Å². The molecule has 0 saturated carbocycles. The highest BCUT2D eigenvalue weighted by Gasteiger charge is 2.25. The standard InChI is InChI=1S/C18H19N3O4S/c1-3-21(26(22,23)16-7-5-4-6-8-16)13-17-19-18(20-25-17)14-9-11-15(24-2)12-10-14/h4-12H,3,13H2,1-2H3. The molecular weight excluding hydrogens is 354 g/mol. The van der Waals surface area contributed by atoms with E-state index in [1.54, 1.807) is 56.5 Å². The van der Waals surface area contributed by atoms with E-state index >= 15 is 0 Å². The summed E-state index contributed by atoms with van der Waals surface area (Å²) in [5.41, 5.74) is 0.759. The molecule has 0 unspecified atom stereocenters. The molecule has 0 aliphatic carbocycles. The molecule has 0 aliphatic rings. The number of sulfonamides is 1. The molecule has 0 atom stereocenters. The number of rotatable bonds is 7. The lowest BCUT2D eigenvalue weighted by atomic mass is 10.2. The first-order valence-electron chi connectivity index (χ1n) is 8.07. The van der Waals surface area contributed by atoms with E-state index in [1.807, 2.05) is 12.1 Å². The predicted molar refractivity (Wildman–Crippen MR) is 96.0 cm³/mol. The van der Waals surface area contributed by atoms with E-state index in [-0.39, 0.29) is 23.9 Å². The quantitative estimate of drug-likeness (QED) is 0.633. The van der Waals surface area contributed by atoms with Gasteiger partial charge >= 0.3 is 0 Å². The SMILES string of the molecule is CCN(Cc1nc(-c2ccc(OC)cc2)no1)S(=O)(=O)c1ccccc1. The van der Waals surface area contributed by atoms with Crippen LogP contribution in [0.5, 0.6) is 5.75 Å². The van der Waals surface area contributed by atoms with Gasteiger partial charge < -0.3 is 9.26 Å². The van der Waals surface area contributed by atoms with Crippen molar-refractivity contribution >= 4 is 10.0 Å². The van der Waals surface area contributed by atoms with Crippen LogP contribution in [0.4, 0.5) is 0 Å². The summed E-state index contributed by atoms with van der Waals surface area (Å²) in [6.07, 6.45) is 0. The van der Waals surface area contributed by atoms with Gasteiger partial charge in [0.15, 0.2) is 0 Å². The molecule has 0 amide bonds. The van der Waals surface area contributed by atoms with Gasteiger partial charge in [-0.25, -0.2) is 8.42 Å². The molecule has 3 aromatic rings. The minimum Gasteiger partial charge on any atom is -0.497 e. The van der Waals surface area contributed by atoms with Crippen LogP contribution in [0.25, 0.3) is 11.4 Å². The second kappa shape index (κ2) is 7.67. The van der Waals surface area contributed by atoms with Crippen LogP contribution in [0.2, 0.25) is 0 Å². The molecule has 7 nitrogen and oxygen atoms in total. The van der Waals surface area contributed by atoms with Crippen LogP contribution in [0.15, 0.2) is 64.0 Å². The van der Waals surface area contributed by atoms with Gasteiger partial charge in [-0.1, -0.05) is 30.3 Å². The fraction of sp³-hybridized carbons (Fsp3) is 0.222. The Kier molecular flexibility index (Phi) is 5.34. The van der Waals surface area contributed by atoms with Crippen molar-refractivity contribution < 1.29 is 17.7 Å². The first-order valence-corrected chi connectivity index (χ1v) is 9.51. The van der Waals surface area contributed by atoms with Crippen LogP contribution in [0.3, 0.4) is 0 Å². The molecule has 136 valence electrons. The summed E-state index contributed by atoms with van der Waals surface area (Å²) in [6, 6.07) is 15.5. The third-order valence-corrected chi connectivity index (χ3v) is 5.80. The topological polar surface area (TPSA) is 85.5 Å². The van der Waals surface area contributed by atoms with Gasteiger partial charge in [0.05, 0.1) is 18.6 Å². The van der Waals surface area contributed by atoms with Crippen molar-refractivity contribution in [1.29, 1.82) is 0 Å². The Morgan fingerprint density at radius 3 is 2.38 bits per heavy atom. The Balaban J connectivity index is 1.80. The molecule has 3 rings (SSSR count). The minimum absolute atomic E-state index is 0.0108. The zero-order valence-electron chi connectivity index (χ0n) is 14.5. The monoisotopic (exact) mass is 373 g/mol. The molecule has 8 heteroatoms. The lowest BCUT2D eigenvalue weighted by Crippen LogP contribution is -2.30. The van der Waals surface area contributed by atoms with Crippen molar-refractivity contribution in [1.82, 2.24) is 14.4 Å². The number of hydrogen-bond acceptors (Lipinski definition) is 6. The second-order valence-corrected chi connectivity index (χ2v) is 7.42. The number of aromatic nitrogens is 2. The van der Waals surface area contributed by atoms with E-state index in [9.17, 15) is 8.42 Å². The van der Waals surface area contributed by atoms with Gasteiger partial charge in [-0.3, -0.25) is 0 Å². The minimum atomic E-state index is -3.62. The maximum Gasteiger partial charge on any atom is 0.243 e. The molecule has 1 aromatic heterocycles. The molecule has 0 radical (unpaired) electrons. The summed E-state index contributed by atoms with van der Waals surface area (Å²) in [4.78, 5) is 4.54. The normalized spacial score (nSPS) is 11.7. The van der Waals surface area contributed by atoms with Crippen molar-refractivity contribution in [2.75, 3.05) is 13.7 Å². The molecule has 0 spiro atoms. The Labute approximate surface area is 152 Å². The number of hydrogen-bond donors (Lipinski definition) is 0. The summed E-state index contributed by atoms with van der Waals surface area (Å²) in [5.74, 6) is 1.36. The molecule has 0 saturated heterocycles. The molecule has 1 heterocycles. The molecular formula is C18H19N3O4S. The average molecular weight is 373 g/mol. The predicted octanol–water partition coefficient (Wildman–Crippen LogP) is 2.96. The van der Waals surface area contributed by atoms with Crippen molar-refractivity contribution in [2.24, 2.45) is 0 Å². The summed E-state index contributed by atoms with van der Waals surface area (Å²) in [7, 11) is -2.03. The van der Waals surface area contributed by atoms with Crippen LogP contribution in [-0.4, -0.2) is 36.5 Å². The van der Waals surface area contributed by atoms with Crippen molar-refractivity contribution in [2.45, 2.75) is 18.4 Å². The average Bonchev–Trinajstić information content (AvgIpc) is 3.15. The van der Waals surface area contributed by atoms with Gasteiger partial charge in [0.25, 0.3) is 0 Å². The zero-order chi connectivity index (χ0) is 18.6. The second-order valence-electron chi connectivity index (χ2n) is 5.48. The van der Waals surface area contributed by atoms with Crippen molar-refractivity contribution in [3.63, 3.8) is 0 Å². The van der Waals surface area contributed by atoms with Crippen LogP contribution < -0.4 is 4.74 Å². The number of nitrogens with zero attached hydrogens (tertiary/aromatic N) is 3. The lowest BCUT2D eigenvalue weighted by Gasteiger charge is -2.18. The van der Waals surface area contributed by atoms with Crippen LogP contribution in [-0.2, 0) is 16.6 Å². The third kappa shape index (κ3) is 3.76. The van der Waals surface area contributed by atoms with Crippen LogP contribution in [0.1, 0.15) is 12.8 Å². The van der Waals surface area contributed by atoms with E-state index in [4.69, 9.17) is 9.26 Å². The molecule has 2 aromatic carbocycles. The highest BCUT2D eigenvalue weighted by atomic mass is 32.2. The fourth-order valence-corrected chi connectivity index (χ4v) is 3.86. The Hall–Kier alpha value is -2.71. The Morgan fingerprint density at radius 2 is 1.77 bits per heavy atom. The van der Waals surface area contributed by atoms with E-state index in [2.05, 4.69) is 10.1 Å². The van der Waals surface area contributed by atoms with Gasteiger partial charge in [0.2, 0.25) is 21.7 Å². The highest BCUT2D eigenvalue weighted by Crippen LogP contribution is 2.21. The van der Waals surface area contributed by atoms with Gasteiger partial charge in [0.1, 0.15) is 5.75 Å². The third-order valence-electron chi connectivity index (χ3n) is 3.86. The van der Waals surface area contributed by atoms with Crippen molar-refractivity contribution in [3.8, 4) is 17.1 Å². The first-order chi connectivity index (χ1) is 12.5. The molecule has 0 bridgehead atoms. The van der Waals surface area contributed by atoms with Gasteiger partial charge in [0, 0.05) is 12.1 Å². The summed E-state index contributed by atoms with van der Waals surface area (Å²) in [5, 5.41) is 3.94. The first kappa shape index (κ1) is 18.1. The van der Waals surface area contributed by atoms with Crippen LogP contribution >= 0.6 is 0 Å². The summed E-state index contributed by atoms with van der Waals surface area (Å²) >= 11 is 0. The summed E-state index contributed by atoms with van der Waals surface area (Å²) in [6.45, 7) is 2.07. The highest BCUT2D eigenvalue weighted by molar-refractivity contribution is 7.89. The van der Waals surface area contributed by atoms with Gasteiger partial charge in [-0.15, -0.1) is 0 Å². The van der Waals surface area contributed by atoms with Gasteiger partial charge in [-0.2, -0.15) is 9.29 Å². The maximum absolute atomic E-state index is 12.7. The number of ether oxygens (including phenoxy) is 1. The smallest absolute Gasteiger partial charge is 0.243 e. The van der Waals surface area contributed by atoms with Crippen molar-refractivity contribution in [3.05, 3.63) is 60.5 Å². The van der Waals surface area contributed by atoms with E-state index < -0.39 is 10.0 Å². The Morgan fingerprint density at radius 1 is 1.08 bits per heavy atom. The zero-order valence-corrected chi connectivity index (χ0v) is 15.3. The largest absolute Gasteiger partial charge is 0.497 e. The molecule has 26 heavy (non-hydrogen) atoms. The molecule has 0 N–H and O–H groups in total. The molecule has 0 fully saturated rings. The fourth-order valence-electron chi connectivity index (χ4n) is 2.44. The number of methoxy groups -OCH3 is 1. The lowest BCUT2D eigenvalue weighted by molar-refractivity contribution is 0.321. The van der Waals surface area contributed by atoms with E-state index in [1.165, 1.54) is 4.31 Å². The van der Waals surface area contributed by atoms with Gasteiger partial charge in [-0.05, 0) is 36.4 Å². The Bertz CT molecular complexity index is 954. The summed E-state index contributed by atoms with van der Waals surface area (Å²) < 4.78 is 37.1. The molecule has 0 aliphatic heterocycles. The van der Waals surface area contributed by atoms with E-state index in [0.717, 1.165) is 11.3 Å².